The summed E-state index contributed by atoms with van der Waals surface area (Å²) < 4.78 is 11.3. The van der Waals surface area contributed by atoms with E-state index in [0.29, 0.717) is 12.0 Å². The number of carboxylic acid groups (broad SMARTS) is 1. The number of aromatic amines is 1. The van der Waals surface area contributed by atoms with Crippen LogP contribution in [0.5, 0.6) is 0 Å². The molecule has 17 nitrogen and oxygen atoms in total. The van der Waals surface area contributed by atoms with Crippen molar-refractivity contribution in [3.05, 3.63) is 95.7 Å². The lowest BCUT2D eigenvalue weighted by Crippen LogP contribution is -2.59. The number of nitrogens with two attached hydrogens (primary N) is 2. The number of esters is 1. The predicted octanol–water partition coefficient (Wildman–Crippen LogP) is 3.99. The third-order valence-corrected chi connectivity index (χ3v) is 10.8. The second-order valence-corrected chi connectivity index (χ2v) is 16.7. The molecule has 5 atom stereocenters. The zero-order valence-corrected chi connectivity index (χ0v) is 36.2. The van der Waals surface area contributed by atoms with Crippen molar-refractivity contribution in [1.82, 2.24) is 26.3 Å². The Morgan fingerprint density at radius 3 is 2.02 bits per heavy atom. The molecule has 1 aromatic heterocycles. The summed E-state index contributed by atoms with van der Waals surface area (Å²) in [6.07, 6.45) is 0.567. The van der Waals surface area contributed by atoms with Gasteiger partial charge in [0, 0.05) is 36.0 Å². The molecule has 0 saturated carbocycles. The van der Waals surface area contributed by atoms with Crippen molar-refractivity contribution in [3.63, 3.8) is 0 Å². The van der Waals surface area contributed by atoms with Crippen LogP contribution in [0.4, 0.5) is 4.79 Å². The summed E-state index contributed by atoms with van der Waals surface area (Å²) in [6, 6.07) is 17.7. The van der Waals surface area contributed by atoms with Gasteiger partial charge in [0.15, 0.2) is 5.96 Å². The third kappa shape index (κ3) is 12.8. The molecule has 0 fully saturated rings. The molecule has 0 bridgehead atoms. The largest absolute Gasteiger partial charge is 0.481 e. The minimum atomic E-state index is -1.66. The number of nitrogens with one attached hydrogen (secondary N) is 5. The van der Waals surface area contributed by atoms with Gasteiger partial charge in [-0.1, -0.05) is 87.0 Å². The molecule has 4 aromatic rings. The van der Waals surface area contributed by atoms with Crippen LogP contribution >= 0.6 is 0 Å². The van der Waals surface area contributed by atoms with Crippen LogP contribution in [0.1, 0.15) is 82.9 Å². The number of alkyl carbamates (subject to hydrolysis) is 1. The van der Waals surface area contributed by atoms with Gasteiger partial charge >= 0.3 is 18.0 Å². The monoisotopic (exact) mass is 866 g/mol. The van der Waals surface area contributed by atoms with Gasteiger partial charge in [-0.15, -0.1) is 0 Å². The van der Waals surface area contributed by atoms with Crippen molar-refractivity contribution >= 4 is 52.6 Å². The number of guanidine groups is 1. The SMILES string of the molecule is CC[C@H](C)[C@H](NC(=O)[C@H](CC(=O)O)NC(=O)[C@H](CCCN=C(N)N)NC(=O)[C@H](Cc1c[nH]c2ccccc12)NC(=O)OCC1c2ccccc2-c2ccccc21)C(=O)OC(C)(C)C. The highest BCUT2D eigenvalue weighted by atomic mass is 16.6. The van der Waals surface area contributed by atoms with Crippen molar-refractivity contribution in [2.24, 2.45) is 22.4 Å². The van der Waals surface area contributed by atoms with E-state index in [0.717, 1.165) is 33.2 Å². The van der Waals surface area contributed by atoms with E-state index in [9.17, 15) is 33.9 Å². The maximum Gasteiger partial charge on any atom is 0.407 e. The zero-order chi connectivity index (χ0) is 45.8. The number of carbonyl (C=O) groups excluding carboxylic acids is 5. The van der Waals surface area contributed by atoms with E-state index in [1.54, 1.807) is 33.9 Å². The molecule has 0 radical (unpaired) electrons. The van der Waals surface area contributed by atoms with Crippen LogP contribution in [0.3, 0.4) is 0 Å². The second kappa shape index (κ2) is 21.3. The number of carboxylic acids is 1. The average Bonchev–Trinajstić information content (AvgIpc) is 3.79. The molecule has 0 spiro atoms. The van der Waals surface area contributed by atoms with Crippen molar-refractivity contribution < 1.29 is 43.3 Å². The number of carbonyl (C=O) groups is 6. The molecular formula is C46H58N8O9. The lowest BCUT2D eigenvalue weighted by atomic mass is 9.98. The minimum Gasteiger partial charge on any atom is -0.481 e. The molecule has 63 heavy (non-hydrogen) atoms. The summed E-state index contributed by atoms with van der Waals surface area (Å²) in [5.41, 5.74) is 15.7. The van der Waals surface area contributed by atoms with Gasteiger partial charge in [0.25, 0.3) is 0 Å². The number of amides is 4. The molecule has 1 aliphatic carbocycles. The number of H-pyrrole nitrogens is 1. The average molecular weight is 867 g/mol. The molecule has 0 aliphatic heterocycles. The fraction of sp³-hybridized carbons (Fsp3) is 0.413. The summed E-state index contributed by atoms with van der Waals surface area (Å²) >= 11 is 0. The Balaban J connectivity index is 1.38. The Labute approximate surface area is 366 Å². The van der Waals surface area contributed by atoms with Crippen molar-refractivity contribution in [3.8, 4) is 11.1 Å². The molecule has 17 heteroatoms. The van der Waals surface area contributed by atoms with Gasteiger partial charge in [-0.3, -0.25) is 24.2 Å². The molecule has 3 aromatic carbocycles. The number of hydrogen-bond acceptors (Lipinski definition) is 9. The molecule has 0 unspecified atom stereocenters. The highest BCUT2D eigenvalue weighted by molar-refractivity contribution is 5.96. The Hall–Kier alpha value is -6.91. The molecular weight excluding hydrogens is 809 g/mol. The number of benzene rings is 3. The van der Waals surface area contributed by atoms with Gasteiger partial charge in [0.05, 0.1) is 6.42 Å². The van der Waals surface area contributed by atoms with Crippen LogP contribution in [0, 0.1) is 5.92 Å². The van der Waals surface area contributed by atoms with Gasteiger partial charge in [-0.05, 0) is 73.4 Å². The number of rotatable bonds is 20. The molecule has 5 rings (SSSR count). The quantitative estimate of drug-likeness (QED) is 0.0272. The fourth-order valence-electron chi connectivity index (χ4n) is 7.50. The number of hydrogen-bond donors (Lipinski definition) is 8. The van der Waals surface area contributed by atoms with Crippen LogP contribution in [-0.4, -0.2) is 94.7 Å². The normalized spacial score (nSPS) is 14.4. The van der Waals surface area contributed by atoms with Crippen LogP contribution in [0.2, 0.25) is 0 Å². The predicted molar refractivity (Wildman–Crippen MR) is 237 cm³/mol. The number of fused-ring (bicyclic) bond motifs is 4. The first kappa shape index (κ1) is 47.1. The maximum atomic E-state index is 14.4. The van der Waals surface area contributed by atoms with E-state index < -0.39 is 77.9 Å². The van der Waals surface area contributed by atoms with Crippen LogP contribution in [0.25, 0.3) is 22.0 Å². The number of aromatic nitrogens is 1. The molecule has 4 amide bonds. The second-order valence-electron chi connectivity index (χ2n) is 16.7. The van der Waals surface area contributed by atoms with Crippen molar-refractivity contribution in [1.29, 1.82) is 0 Å². The van der Waals surface area contributed by atoms with Crippen LogP contribution in [-0.2, 0) is 39.9 Å². The molecule has 1 heterocycles. The number of para-hydroxylation sites is 1. The summed E-state index contributed by atoms with van der Waals surface area (Å²) in [6.45, 7) is 8.62. The van der Waals surface area contributed by atoms with Crippen LogP contribution < -0.4 is 32.7 Å². The van der Waals surface area contributed by atoms with Crippen molar-refractivity contribution in [2.45, 2.75) is 102 Å². The Morgan fingerprint density at radius 1 is 0.810 bits per heavy atom. The first-order valence-corrected chi connectivity index (χ1v) is 21.0. The van der Waals surface area contributed by atoms with Gasteiger partial charge in [-0.25, -0.2) is 9.59 Å². The van der Waals surface area contributed by atoms with E-state index in [-0.39, 0.29) is 44.3 Å². The minimum absolute atomic E-state index is 0.0179. The number of aliphatic imine (C=N–C) groups is 1. The molecule has 336 valence electrons. The lowest BCUT2D eigenvalue weighted by molar-refractivity contribution is -0.160. The zero-order valence-electron chi connectivity index (χ0n) is 36.2. The highest BCUT2D eigenvalue weighted by Crippen LogP contribution is 2.44. The first-order valence-electron chi connectivity index (χ1n) is 21.0. The van der Waals surface area contributed by atoms with E-state index in [2.05, 4.69) is 31.2 Å². The summed E-state index contributed by atoms with van der Waals surface area (Å²) in [5, 5.41) is 21.1. The van der Waals surface area contributed by atoms with Gasteiger partial charge in [0.1, 0.15) is 36.4 Å². The van der Waals surface area contributed by atoms with E-state index in [1.807, 2.05) is 79.7 Å². The number of aliphatic carboxylic acids is 1. The van der Waals surface area contributed by atoms with Gasteiger partial charge in [0.2, 0.25) is 17.7 Å². The fourth-order valence-corrected chi connectivity index (χ4v) is 7.50. The van der Waals surface area contributed by atoms with Gasteiger partial charge < -0.3 is 52.3 Å². The Morgan fingerprint density at radius 2 is 1.40 bits per heavy atom. The third-order valence-electron chi connectivity index (χ3n) is 10.8. The molecule has 1 aliphatic rings. The molecule has 10 N–H and O–H groups in total. The van der Waals surface area contributed by atoms with Crippen LogP contribution in [0.15, 0.2) is 84.0 Å². The summed E-state index contributed by atoms with van der Waals surface area (Å²) in [7, 11) is 0. The first-order chi connectivity index (χ1) is 29.9. The van der Waals surface area contributed by atoms with E-state index >= 15 is 0 Å². The van der Waals surface area contributed by atoms with E-state index in [1.165, 1.54) is 0 Å². The van der Waals surface area contributed by atoms with E-state index in [4.69, 9.17) is 20.9 Å². The smallest absolute Gasteiger partial charge is 0.407 e. The number of ether oxygens (including phenoxy) is 2. The number of nitrogens with zero attached hydrogens (tertiary/aromatic N) is 1. The Bertz CT molecular complexity index is 2270. The molecule has 0 saturated heterocycles. The summed E-state index contributed by atoms with van der Waals surface area (Å²) in [5.74, 6) is -5.59. The van der Waals surface area contributed by atoms with Gasteiger partial charge in [-0.2, -0.15) is 0 Å². The maximum absolute atomic E-state index is 14.4. The topological polar surface area (TPSA) is 269 Å². The lowest BCUT2D eigenvalue weighted by Gasteiger charge is -2.29. The highest BCUT2D eigenvalue weighted by Gasteiger charge is 2.36. The Kier molecular flexibility index (Phi) is 15.9. The summed E-state index contributed by atoms with van der Waals surface area (Å²) in [4.78, 5) is 88.1. The van der Waals surface area contributed by atoms with Crippen molar-refractivity contribution in [2.75, 3.05) is 13.2 Å². The standard InChI is InChI=1S/C46H58N8O9/c1-6-26(2)39(43(60)63-46(3,4)5)54-42(59)37(23-38(55)56)52-40(57)35(20-13-21-49-44(47)48)51-41(58)36(22-27-24-50-34-19-12-11-14-28(27)34)53-45(61)62-25-33-31-17-9-7-15-29(31)30-16-8-10-18-32(30)33/h7-12,14-19,24,26,33,35-37,39,50H,6,13,20-23,25H2,1-5H3,(H,51,58)(H,52,57)(H,53,61)(H,54,59)(H,55,56)(H4,47,48,49)/t26-,35-,36-,37-,39-/m0/s1.